The molecule has 1 aliphatic rings. The molecule has 10 nitrogen and oxygen atoms in total. The van der Waals surface area contributed by atoms with Crippen LogP contribution < -0.4 is 5.32 Å². The summed E-state index contributed by atoms with van der Waals surface area (Å²) in [5.74, 6) is 0.408. The highest BCUT2D eigenvalue weighted by Gasteiger charge is 2.28. The van der Waals surface area contributed by atoms with Crippen molar-refractivity contribution in [2.75, 3.05) is 18.4 Å². The number of likely N-dealkylation sites (tertiary alicyclic amines) is 1. The number of hydrogen-bond acceptors (Lipinski definition) is 6. The Labute approximate surface area is 188 Å². The number of anilines is 1. The van der Waals surface area contributed by atoms with E-state index in [1.54, 1.807) is 22.9 Å². The van der Waals surface area contributed by atoms with Gasteiger partial charge in [-0.15, -0.1) is 0 Å². The zero-order valence-electron chi connectivity index (χ0n) is 17.9. The van der Waals surface area contributed by atoms with E-state index in [0.29, 0.717) is 47.4 Å². The van der Waals surface area contributed by atoms with Gasteiger partial charge in [0.15, 0.2) is 0 Å². The average Bonchev–Trinajstić information content (AvgIpc) is 3.48. The molecule has 33 heavy (non-hydrogen) atoms. The molecular formula is C23H22N6O4. The van der Waals surface area contributed by atoms with Crippen molar-refractivity contribution < 1.29 is 19.2 Å². The number of carbonyl (C=O) groups is 2. The first kappa shape index (κ1) is 20.7. The predicted molar refractivity (Wildman–Crippen MR) is 119 cm³/mol. The second kappa shape index (κ2) is 8.38. The fraction of sp³-hybridized carbons (Fsp3) is 0.261. The number of benzene rings is 1. The fourth-order valence-electron chi connectivity index (χ4n) is 4.05. The number of nitrogens with one attached hydrogen (secondary N) is 1. The van der Waals surface area contributed by atoms with E-state index in [4.69, 9.17) is 4.52 Å². The highest BCUT2D eigenvalue weighted by Crippen LogP contribution is 2.29. The molecule has 0 saturated carbocycles. The summed E-state index contributed by atoms with van der Waals surface area (Å²) in [7, 11) is 0. The normalized spacial score (nSPS) is 16.2. The SMILES string of the molecule is Cc1ccc(-c2noc([C@@H]3CCCN(C(=O)O)C3)n2)cc1NC(=O)c1cnc2ccccn12. The third-order valence-electron chi connectivity index (χ3n) is 5.88. The van der Waals surface area contributed by atoms with Gasteiger partial charge in [0.2, 0.25) is 11.7 Å². The highest BCUT2D eigenvalue weighted by molar-refractivity contribution is 6.04. The topological polar surface area (TPSA) is 126 Å². The number of nitrogens with zero attached hydrogens (tertiary/aromatic N) is 5. The van der Waals surface area contributed by atoms with Crippen molar-refractivity contribution in [3.05, 3.63) is 65.9 Å². The standard InChI is InChI=1S/C23H22N6O4/c1-14-7-8-15(20-26-22(33-27-20)16-5-4-9-28(13-16)23(31)32)11-17(14)25-21(30)18-12-24-19-6-2-3-10-29(18)19/h2-3,6-8,10-12,16H,4-5,9,13H2,1H3,(H,25,30)(H,31,32)/t16-/m1/s1. The van der Waals surface area contributed by atoms with Crippen molar-refractivity contribution in [1.82, 2.24) is 24.4 Å². The van der Waals surface area contributed by atoms with Crippen molar-refractivity contribution in [2.45, 2.75) is 25.7 Å². The molecule has 10 heteroatoms. The van der Waals surface area contributed by atoms with Gasteiger partial charge in [0.1, 0.15) is 11.3 Å². The number of piperidine rings is 1. The summed E-state index contributed by atoms with van der Waals surface area (Å²) in [6.45, 7) is 2.75. The molecule has 0 spiro atoms. The third-order valence-corrected chi connectivity index (χ3v) is 5.88. The van der Waals surface area contributed by atoms with E-state index in [1.165, 1.54) is 4.90 Å². The van der Waals surface area contributed by atoms with E-state index in [1.807, 2.05) is 37.3 Å². The molecule has 1 atom stereocenters. The maximum absolute atomic E-state index is 12.9. The molecule has 5 rings (SSSR count). The lowest BCUT2D eigenvalue weighted by Gasteiger charge is -2.28. The van der Waals surface area contributed by atoms with Crippen LogP contribution in [0.15, 0.2) is 53.3 Å². The van der Waals surface area contributed by atoms with E-state index in [0.717, 1.165) is 18.4 Å². The Morgan fingerprint density at radius 1 is 1.24 bits per heavy atom. The van der Waals surface area contributed by atoms with Gasteiger partial charge < -0.3 is 19.8 Å². The molecule has 1 aromatic carbocycles. The van der Waals surface area contributed by atoms with Gasteiger partial charge >= 0.3 is 6.09 Å². The lowest BCUT2D eigenvalue weighted by molar-refractivity contribution is 0.102. The minimum Gasteiger partial charge on any atom is -0.465 e. The summed E-state index contributed by atoms with van der Waals surface area (Å²) in [6.07, 6.45) is 3.93. The lowest BCUT2D eigenvalue weighted by atomic mass is 9.98. The number of imidazole rings is 1. The molecule has 4 aromatic rings. The van der Waals surface area contributed by atoms with Crippen molar-refractivity contribution >= 4 is 23.3 Å². The molecular weight excluding hydrogens is 424 g/mol. The summed E-state index contributed by atoms with van der Waals surface area (Å²) in [5, 5.41) is 16.3. The number of hydrogen-bond donors (Lipinski definition) is 2. The van der Waals surface area contributed by atoms with Gasteiger partial charge in [-0.25, -0.2) is 9.78 Å². The van der Waals surface area contributed by atoms with Crippen LogP contribution >= 0.6 is 0 Å². The molecule has 3 aromatic heterocycles. The number of pyridine rings is 1. The zero-order valence-corrected chi connectivity index (χ0v) is 17.9. The number of rotatable bonds is 4. The van der Waals surface area contributed by atoms with Gasteiger partial charge in [-0.1, -0.05) is 23.4 Å². The Morgan fingerprint density at radius 3 is 2.97 bits per heavy atom. The van der Waals surface area contributed by atoms with Crippen LogP contribution in [0, 0.1) is 6.92 Å². The number of aromatic nitrogens is 4. The van der Waals surface area contributed by atoms with Gasteiger partial charge in [0.25, 0.3) is 5.91 Å². The summed E-state index contributed by atoms with van der Waals surface area (Å²) < 4.78 is 7.19. The van der Waals surface area contributed by atoms with Gasteiger partial charge in [-0.05, 0) is 43.5 Å². The first-order valence-electron chi connectivity index (χ1n) is 10.7. The number of fused-ring (bicyclic) bond motifs is 1. The molecule has 0 radical (unpaired) electrons. The van der Waals surface area contributed by atoms with Crippen molar-refractivity contribution in [3.8, 4) is 11.4 Å². The summed E-state index contributed by atoms with van der Waals surface area (Å²) in [4.78, 5) is 34.4. The van der Waals surface area contributed by atoms with Gasteiger partial charge in [0.05, 0.1) is 12.1 Å². The first-order chi connectivity index (χ1) is 16.0. The Balaban J connectivity index is 1.37. The van der Waals surface area contributed by atoms with E-state index >= 15 is 0 Å². The average molecular weight is 446 g/mol. The first-order valence-corrected chi connectivity index (χ1v) is 10.7. The molecule has 168 valence electrons. The van der Waals surface area contributed by atoms with Crippen molar-refractivity contribution in [1.29, 1.82) is 0 Å². The Morgan fingerprint density at radius 2 is 2.12 bits per heavy atom. The van der Waals surface area contributed by atoms with Crippen LogP contribution in [0.25, 0.3) is 17.0 Å². The maximum Gasteiger partial charge on any atom is 0.407 e. The number of carbonyl (C=O) groups excluding carboxylic acids is 1. The molecule has 0 unspecified atom stereocenters. The van der Waals surface area contributed by atoms with Crippen LogP contribution in [0.5, 0.6) is 0 Å². The minimum absolute atomic E-state index is 0.129. The maximum atomic E-state index is 12.9. The van der Waals surface area contributed by atoms with Crippen molar-refractivity contribution in [3.63, 3.8) is 0 Å². The summed E-state index contributed by atoms with van der Waals surface area (Å²) in [5.41, 5.74) is 3.32. The molecule has 2 amide bonds. The molecule has 2 N–H and O–H groups in total. The molecule has 0 bridgehead atoms. The predicted octanol–water partition coefficient (Wildman–Crippen LogP) is 3.80. The summed E-state index contributed by atoms with van der Waals surface area (Å²) >= 11 is 0. The van der Waals surface area contributed by atoms with E-state index in [2.05, 4.69) is 20.4 Å². The Kier molecular flexibility index (Phi) is 5.25. The van der Waals surface area contributed by atoms with E-state index in [-0.39, 0.29) is 11.8 Å². The van der Waals surface area contributed by atoms with Crippen LogP contribution in [-0.2, 0) is 0 Å². The van der Waals surface area contributed by atoms with Gasteiger partial charge in [0, 0.05) is 30.5 Å². The highest BCUT2D eigenvalue weighted by atomic mass is 16.5. The summed E-state index contributed by atoms with van der Waals surface area (Å²) in [6, 6.07) is 11.1. The van der Waals surface area contributed by atoms with Crippen LogP contribution in [0.3, 0.4) is 0 Å². The molecule has 1 aliphatic heterocycles. The Hall–Kier alpha value is -4.21. The van der Waals surface area contributed by atoms with E-state index < -0.39 is 6.09 Å². The zero-order chi connectivity index (χ0) is 22.9. The molecule has 4 heterocycles. The number of aryl methyl sites for hydroxylation is 1. The third kappa shape index (κ3) is 4.02. The van der Waals surface area contributed by atoms with Crippen LogP contribution in [-0.4, -0.2) is 54.6 Å². The largest absolute Gasteiger partial charge is 0.465 e. The number of amides is 2. The lowest BCUT2D eigenvalue weighted by Crippen LogP contribution is -2.38. The quantitative estimate of drug-likeness (QED) is 0.488. The van der Waals surface area contributed by atoms with E-state index in [9.17, 15) is 14.7 Å². The minimum atomic E-state index is -0.940. The number of carboxylic acid groups (broad SMARTS) is 1. The Bertz CT molecular complexity index is 1340. The van der Waals surface area contributed by atoms with Crippen LogP contribution in [0.4, 0.5) is 10.5 Å². The second-order valence-electron chi connectivity index (χ2n) is 8.08. The molecule has 1 saturated heterocycles. The molecule has 1 fully saturated rings. The smallest absolute Gasteiger partial charge is 0.407 e. The van der Waals surface area contributed by atoms with Crippen LogP contribution in [0.1, 0.15) is 40.7 Å². The molecule has 0 aliphatic carbocycles. The fourth-order valence-corrected chi connectivity index (χ4v) is 4.05. The van der Waals surface area contributed by atoms with Gasteiger partial charge in [-0.2, -0.15) is 4.98 Å². The van der Waals surface area contributed by atoms with Gasteiger partial charge in [-0.3, -0.25) is 9.20 Å². The van der Waals surface area contributed by atoms with Crippen molar-refractivity contribution in [2.24, 2.45) is 0 Å². The van der Waals surface area contributed by atoms with Crippen LogP contribution in [0.2, 0.25) is 0 Å². The monoisotopic (exact) mass is 446 g/mol. The second-order valence-corrected chi connectivity index (χ2v) is 8.08.